The number of aromatic nitrogens is 1. The first-order valence-electron chi connectivity index (χ1n) is 7.53. The molecule has 1 aromatic carbocycles. The third-order valence-corrected chi connectivity index (χ3v) is 4.71. The first-order valence-corrected chi connectivity index (χ1v) is 8.34. The molecular weight excluding hydrogens is 348 g/mol. The van der Waals surface area contributed by atoms with Crippen molar-refractivity contribution < 1.29 is 18.4 Å². The fraction of sp³-hybridized carbons (Fsp3) is 0.235. The van der Waals surface area contributed by atoms with Crippen molar-refractivity contribution in [3.63, 3.8) is 0 Å². The summed E-state index contributed by atoms with van der Waals surface area (Å²) < 4.78 is 27.9. The number of carbonyl (C=O) groups is 2. The summed E-state index contributed by atoms with van der Waals surface area (Å²) in [5.74, 6) is -2.43. The molecule has 0 amide bonds. The molecule has 0 unspecified atom stereocenters. The number of hydrogen-bond acceptors (Lipinski definition) is 6. The maximum Gasteiger partial charge on any atom is 0.221 e. The minimum atomic E-state index is -0.789. The van der Waals surface area contributed by atoms with Gasteiger partial charge in [0.15, 0.2) is 0 Å². The van der Waals surface area contributed by atoms with Crippen LogP contribution in [-0.4, -0.2) is 48.6 Å². The number of fused-ring (bicyclic) bond motifs is 1. The van der Waals surface area contributed by atoms with Gasteiger partial charge in [-0.05, 0) is 26.2 Å². The van der Waals surface area contributed by atoms with Gasteiger partial charge in [-0.3, -0.25) is 9.59 Å². The van der Waals surface area contributed by atoms with E-state index in [-0.39, 0.29) is 26.8 Å². The van der Waals surface area contributed by atoms with E-state index in [1.807, 2.05) is 19.0 Å². The van der Waals surface area contributed by atoms with Crippen molar-refractivity contribution in [2.24, 2.45) is 0 Å². The SMILES string of the molecule is CN(C)CCNC1=CC(=O)c2nc(-c3c(F)cccc3F)sc2C1=O. The average molecular weight is 363 g/mol. The summed E-state index contributed by atoms with van der Waals surface area (Å²) >= 11 is 0.819. The Morgan fingerprint density at radius 1 is 1.20 bits per heavy atom. The predicted molar refractivity (Wildman–Crippen MR) is 90.8 cm³/mol. The molecule has 0 aliphatic heterocycles. The van der Waals surface area contributed by atoms with Crippen molar-refractivity contribution in [3.8, 4) is 10.6 Å². The van der Waals surface area contributed by atoms with Crippen LogP contribution < -0.4 is 5.32 Å². The van der Waals surface area contributed by atoms with Crippen LogP contribution >= 0.6 is 11.3 Å². The Bertz CT molecular complexity index is 870. The van der Waals surface area contributed by atoms with Gasteiger partial charge in [0, 0.05) is 19.2 Å². The van der Waals surface area contributed by atoms with Gasteiger partial charge in [-0.25, -0.2) is 13.8 Å². The molecule has 0 saturated carbocycles. The minimum Gasteiger partial charge on any atom is -0.380 e. The van der Waals surface area contributed by atoms with Crippen molar-refractivity contribution in [1.82, 2.24) is 15.2 Å². The van der Waals surface area contributed by atoms with Crippen molar-refractivity contribution >= 4 is 22.9 Å². The summed E-state index contributed by atoms with van der Waals surface area (Å²) in [6.45, 7) is 1.17. The molecule has 0 radical (unpaired) electrons. The predicted octanol–water partition coefficient (Wildman–Crippen LogP) is 2.50. The lowest BCUT2D eigenvalue weighted by Crippen LogP contribution is -2.31. The summed E-state index contributed by atoms with van der Waals surface area (Å²) in [7, 11) is 3.78. The molecule has 0 spiro atoms. The van der Waals surface area contributed by atoms with E-state index in [1.165, 1.54) is 12.1 Å². The maximum atomic E-state index is 13.9. The van der Waals surface area contributed by atoms with Crippen LogP contribution in [0.25, 0.3) is 10.6 Å². The molecule has 3 rings (SSSR count). The van der Waals surface area contributed by atoms with Crippen molar-refractivity contribution in [3.05, 3.63) is 52.2 Å². The number of rotatable bonds is 5. The van der Waals surface area contributed by atoms with E-state index < -0.39 is 23.2 Å². The Morgan fingerprint density at radius 3 is 2.52 bits per heavy atom. The third kappa shape index (κ3) is 3.35. The smallest absolute Gasteiger partial charge is 0.221 e. The average Bonchev–Trinajstić information content (AvgIpc) is 2.97. The van der Waals surface area contributed by atoms with Gasteiger partial charge >= 0.3 is 0 Å². The molecule has 2 aromatic rings. The van der Waals surface area contributed by atoms with E-state index in [9.17, 15) is 18.4 Å². The largest absolute Gasteiger partial charge is 0.380 e. The van der Waals surface area contributed by atoms with Gasteiger partial charge < -0.3 is 10.2 Å². The highest BCUT2D eigenvalue weighted by Gasteiger charge is 2.31. The number of likely N-dealkylation sites (N-methyl/N-ethyl adjacent to an activating group) is 1. The van der Waals surface area contributed by atoms with Gasteiger partial charge in [0.2, 0.25) is 11.6 Å². The van der Waals surface area contributed by atoms with E-state index in [2.05, 4.69) is 10.3 Å². The number of hydrogen-bond donors (Lipinski definition) is 1. The molecule has 1 heterocycles. The number of halogens is 2. The summed E-state index contributed by atoms with van der Waals surface area (Å²) in [4.78, 5) is 30.8. The van der Waals surface area contributed by atoms with Crippen molar-refractivity contribution in [1.29, 1.82) is 0 Å². The molecule has 0 fully saturated rings. The van der Waals surface area contributed by atoms with Gasteiger partial charge in [0.25, 0.3) is 0 Å². The third-order valence-electron chi connectivity index (χ3n) is 3.64. The highest BCUT2D eigenvalue weighted by molar-refractivity contribution is 7.17. The summed E-state index contributed by atoms with van der Waals surface area (Å²) in [5, 5.41) is 2.90. The van der Waals surface area contributed by atoms with Crippen molar-refractivity contribution in [2.75, 3.05) is 27.2 Å². The van der Waals surface area contributed by atoms with Gasteiger partial charge in [-0.15, -0.1) is 11.3 Å². The molecule has 1 aromatic heterocycles. The second-order valence-electron chi connectivity index (χ2n) is 5.77. The van der Waals surface area contributed by atoms with Crippen LogP contribution in [0, 0.1) is 11.6 Å². The maximum absolute atomic E-state index is 13.9. The van der Waals surface area contributed by atoms with Crippen LogP contribution in [0.15, 0.2) is 30.0 Å². The first kappa shape index (κ1) is 17.4. The first-order chi connectivity index (χ1) is 11.9. The zero-order valence-electron chi connectivity index (χ0n) is 13.6. The molecule has 130 valence electrons. The van der Waals surface area contributed by atoms with E-state index in [1.54, 1.807) is 0 Å². The number of benzene rings is 1. The van der Waals surface area contributed by atoms with Gasteiger partial charge in [0.05, 0.1) is 11.3 Å². The molecule has 0 atom stereocenters. The van der Waals surface area contributed by atoms with Gasteiger partial charge in [0.1, 0.15) is 27.2 Å². The van der Waals surface area contributed by atoms with E-state index in [0.717, 1.165) is 23.5 Å². The second kappa shape index (κ2) is 6.81. The molecule has 1 aliphatic carbocycles. The Labute approximate surface area is 147 Å². The Hall–Kier alpha value is -2.45. The van der Waals surface area contributed by atoms with Crippen molar-refractivity contribution in [2.45, 2.75) is 0 Å². The number of allylic oxidation sites excluding steroid dienone is 2. The van der Waals surface area contributed by atoms with Crippen LogP contribution in [0.2, 0.25) is 0 Å². The fourth-order valence-electron chi connectivity index (χ4n) is 2.38. The van der Waals surface area contributed by atoms with Crippen LogP contribution in [0.1, 0.15) is 20.2 Å². The lowest BCUT2D eigenvalue weighted by molar-refractivity contribution is 0.0978. The lowest BCUT2D eigenvalue weighted by atomic mass is 10.0. The van der Waals surface area contributed by atoms with E-state index in [4.69, 9.17) is 0 Å². The quantitative estimate of drug-likeness (QED) is 0.884. The minimum absolute atomic E-state index is 0.0229. The summed E-state index contributed by atoms with van der Waals surface area (Å²) in [5.41, 5.74) is -0.223. The van der Waals surface area contributed by atoms with Crippen LogP contribution in [0.4, 0.5) is 8.78 Å². The summed E-state index contributed by atoms with van der Waals surface area (Å²) in [6.07, 6.45) is 1.18. The molecule has 0 bridgehead atoms. The Morgan fingerprint density at radius 2 is 1.88 bits per heavy atom. The Balaban J connectivity index is 1.93. The number of carbonyl (C=O) groups excluding carboxylic acids is 2. The van der Waals surface area contributed by atoms with Crippen LogP contribution in [0.3, 0.4) is 0 Å². The molecule has 8 heteroatoms. The van der Waals surface area contributed by atoms with Gasteiger partial charge in [-0.2, -0.15) is 0 Å². The van der Waals surface area contributed by atoms with E-state index in [0.29, 0.717) is 13.1 Å². The zero-order chi connectivity index (χ0) is 18.1. The number of nitrogens with zero attached hydrogens (tertiary/aromatic N) is 2. The molecule has 5 nitrogen and oxygen atoms in total. The van der Waals surface area contributed by atoms with E-state index >= 15 is 0 Å². The lowest BCUT2D eigenvalue weighted by Gasteiger charge is -2.15. The normalized spacial score (nSPS) is 13.9. The molecule has 25 heavy (non-hydrogen) atoms. The number of nitrogens with one attached hydrogen (secondary N) is 1. The molecule has 0 saturated heterocycles. The summed E-state index contributed by atoms with van der Waals surface area (Å²) in [6, 6.07) is 3.45. The van der Waals surface area contributed by atoms with Crippen LogP contribution in [-0.2, 0) is 0 Å². The number of ketones is 2. The molecular formula is C17H15F2N3O2S. The zero-order valence-corrected chi connectivity index (χ0v) is 14.4. The van der Waals surface area contributed by atoms with Crippen LogP contribution in [0.5, 0.6) is 0 Å². The highest BCUT2D eigenvalue weighted by atomic mass is 32.1. The monoisotopic (exact) mass is 363 g/mol. The molecule has 1 N–H and O–H groups in total. The fourth-order valence-corrected chi connectivity index (χ4v) is 3.46. The number of Topliss-reactive ketones (excluding diaryl/α,β-unsaturated/α-hetero) is 1. The molecule has 1 aliphatic rings. The number of thiazole rings is 1. The highest BCUT2D eigenvalue weighted by Crippen LogP contribution is 2.34. The standard InChI is InChI=1S/C17H15F2N3O2S/c1-22(2)7-6-20-11-8-12(23)14-16(15(11)24)25-17(21-14)13-9(18)4-3-5-10(13)19/h3-5,8,20H,6-7H2,1-2H3. The van der Waals surface area contributed by atoms with Gasteiger partial charge in [-0.1, -0.05) is 6.07 Å². The Kier molecular flexibility index (Phi) is 4.73. The second-order valence-corrected chi connectivity index (χ2v) is 6.77. The topological polar surface area (TPSA) is 62.3 Å².